The molecule has 2 aliphatic heterocycles. The van der Waals surface area contributed by atoms with Crippen molar-refractivity contribution in [2.75, 3.05) is 51.3 Å². The SMILES string of the molecule is COC1CCCN(C(=O)N2CCN(c3cnc4ncc5[nH]cccc5c34)CC2)C1. The van der Waals surface area contributed by atoms with Crippen molar-refractivity contribution in [1.29, 1.82) is 0 Å². The quantitative estimate of drug-likeness (QED) is 0.723. The van der Waals surface area contributed by atoms with Crippen LogP contribution in [0.4, 0.5) is 10.5 Å². The molecule has 8 nitrogen and oxygen atoms in total. The van der Waals surface area contributed by atoms with Gasteiger partial charge in [-0.15, -0.1) is 0 Å². The van der Waals surface area contributed by atoms with Crippen molar-refractivity contribution in [3.63, 3.8) is 0 Å². The first-order chi connectivity index (χ1) is 14.2. The molecule has 0 aliphatic carbocycles. The number of carbonyl (C=O) groups excluding carboxylic acids is 1. The molecule has 5 rings (SSSR count). The molecule has 1 N–H and O–H groups in total. The van der Waals surface area contributed by atoms with Gasteiger partial charge in [-0.2, -0.15) is 0 Å². The highest BCUT2D eigenvalue weighted by Crippen LogP contribution is 2.32. The van der Waals surface area contributed by atoms with E-state index in [1.807, 2.05) is 34.5 Å². The smallest absolute Gasteiger partial charge is 0.320 e. The molecule has 29 heavy (non-hydrogen) atoms. The number of amides is 2. The van der Waals surface area contributed by atoms with Gasteiger partial charge in [0.05, 0.1) is 35.1 Å². The second-order valence-electron chi connectivity index (χ2n) is 7.80. The van der Waals surface area contributed by atoms with Gasteiger partial charge < -0.3 is 24.4 Å². The zero-order chi connectivity index (χ0) is 19.8. The highest BCUT2D eigenvalue weighted by Gasteiger charge is 2.30. The lowest BCUT2D eigenvalue weighted by Crippen LogP contribution is -2.55. The van der Waals surface area contributed by atoms with Gasteiger partial charge in [0.1, 0.15) is 0 Å². The largest absolute Gasteiger partial charge is 0.380 e. The van der Waals surface area contributed by atoms with E-state index in [-0.39, 0.29) is 12.1 Å². The summed E-state index contributed by atoms with van der Waals surface area (Å²) in [5.74, 6) is 0. The second-order valence-corrected chi connectivity index (χ2v) is 7.80. The average molecular weight is 394 g/mol. The molecular formula is C21H26N6O2. The number of piperazine rings is 1. The van der Waals surface area contributed by atoms with Crippen LogP contribution in [0.2, 0.25) is 0 Å². The summed E-state index contributed by atoms with van der Waals surface area (Å²) in [5.41, 5.74) is 2.87. The Bertz CT molecular complexity index is 1030. The molecule has 8 heteroatoms. The van der Waals surface area contributed by atoms with Gasteiger partial charge in [0.2, 0.25) is 0 Å². The second kappa shape index (κ2) is 7.51. The number of likely N-dealkylation sites (tertiary alicyclic amines) is 1. The van der Waals surface area contributed by atoms with Gasteiger partial charge in [0.15, 0.2) is 5.65 Å². The predicted molar refractivity (Wildman–Crippen MR) is 112 cm³/mol. The summed E-state index contributed by atoms with van der Waals surface area (Å²) < 4.78 is 5.46. The number of hydrogen-bond acceptors (Lipinski definition) is 5. The Balaban J connectivity index is 1.32. The van der Waals surface area contributed by atoms with E-state index in [1.54, 1.807) is 7.11 Å². The van der Waals surface area contributed by atoms with E-state index in [4.69, 9.17) is 4.74 Å². The maximum atomic E-state index is 12.9. The van der Waals surface area contributed by atoms with Crippen molar-refractivity contribution < 1.29 is 9.53 Å². The van der Waals surface area contributed by atoms with E-state index in [0.29, 0.717) is 19.6 Å². The van der Waals surface area contributed by atoms with Crippen molar-refractivity contribution in [3.8, 4) is 0 Å². The first-order valence-electron chi connectivity index (χ1n) is 10.3. The number of hydrogen-bond donors (Lipinski definition) is 1. The molecule has 1 unspecified atom stereocenters. The van der Waals surface area contributed by atoms with Crippen LogP contribution in [-0.4, -0.2) is 83.3 Å². The van der Waals surface area contributed by atoms with Crippen LogP contribution in [-0.2, 0) is 4.74 Å². The topological polar surface area (TPSA) is 77.6 Å². The molecule has 0 saturated carbocycles. The summed E-state index contributed by atoms with van der Waals surface area (Å²) in [5, 5.41) is 2.21. The lowest BCUT2D eigenvalue weighted by Gasteiger charge is -2.40. The molecule has 2 fully saturated rings. The lowest BCUT2D eigenvalue weighted by molar-refractivity contribution is 0.0360. The van der Waals surface area contributed by atoms with E-state index in [1.165, 1.54) is 0 Å². The number of carbonyl (C=O) groups is 1. The van der Waals surface area contributed by atoms with Crippen LogP contribution in [0.1, 0.15) is 12.8 Å². The Hall–Kier alpha value is -2.87. The van der Waals surface area contributed by atoms with Crippen LogP contribution in [0.3, 0.4) is 0 Å². The maximum absolute atomic E-state index is 12.9. The normalized spacial score (nSPS) is 20.6. The maximum Gasteiger partial charge on any atom is 0.320 e. The summed E-state index contributed by atoms with van der Waals surface area (Å²) in [7, 11) is 1.73. The molecule has 2 aliphatic rings. The third-order valence-electron chi connectivity index (χ3n) is 6.14. The van der Waals surface area contributed by atoms with Crippen LogP contribution < -0.4 is 4.90 Å². The standard InChI is InChI=1S/C21H26N6O2/c1-29-15-4-3-7-27(14-15)21(28)26-10-8-25(9-11-26)18-13-24-20-19(18)16-5-2-6-22-17(16)12-23-20/h2,5-6,12-13,15,22H,3-4,7-11,14H2,1H3. The zero-order valence-electron chi connectivity index (χ0n) is 16.7. The van der Waals surface area contributed by atoms with Gasteiger partial charge in [0.25, 0.3) is 0 Å². The molecule has 0 spiro atoms. The number of piperidine rings is 1. The van der Waals surface area contributed by atoms with Crippen LogP contribution in [0.15, 0.2) is 30.7 Å². The molecule has 2 saturated heterocycles. The van der Waals surface area contributed by atoms with Crippen molar-refractivity contribution >= 4 is 33.7 Å². The average Bonchev–Trinajstić information content (AvgIpc) is 3.23. The Morgan fingerprint density at radius 3 is 2.79 bits per heavy atom. The molecule has 3 aromatic rings. The van der Waals surface area contributed by atoms with Gasteiger partial charge in [-0.3, -0.25) is 0 Å². The third kappa shape index (κ3) is 3.27. The van der Waals surface area contributed by atoms with E-state index < -0.39 is 0 Å². The summed E-state index contributed by atoms with van der Waals surface area (Å²) in [4.78, 5) is 31.4. The fraction of sp³-hybridized carbons (Fsp3) is 0.476. The minimum absolute atomic E-state index is 0.138. The monoisotopic (exact) mass is 394 g/mol. The number of aromatic nitrogens is 3. The van der Waals surface area contributed by atoms with Crippen molar-refractivity contribution in [3.05, 3.63) is 30.7 Å². The summed E-state index contributed by atoms with van der Waals surface area (Å²) in [6.45, 7) is 4.53. The van der Waals surface area contributed by atoms with Crippen molar-refractivity contribution in [2.45, 2.75) is 18.9 Å². The molecule has 5 heterocycles. The van der Waals surface area contributed by atoms with E-state index in [0.717, 1.165) is 60.1 Å². The van der Waals surface area contributed by atoms with Crippen LogP contribution >= 0.6 is 0 Å². The first-order valence-corrected chi connectivity index (χ1v) is 10.3. The number of ether oxygens (including phenoxy) is 1. The number of aromatic amines is 1. The third-order valence-corrected chi connectivity index (χ3v) is 6.14. The number of pyridine rings is 2. The van der Waals surface area contributed by atoms with Crippen molar-refractivity contribution in [1.82, 2.24) is 24.8 Å². The molecule has 2 amide bonds. The summed E-state index contributed by atoms with van der Waals surface area (Å²) in [6, 6.07) is 4.24. The van der Waals surface area contributed by atoms with Gasteiger partial charge >= 0.3 is 6.03 Å². The summed E-state index contributed by atoms with van der Waals surface area (Å²) >= 11 is 0. The minimum atomic E-state index is 0.138. The van der Waals surface area contributed by atoms with E-state index in [9.17, 15) is 4.79 Å². The minimum Gasteiger partial charge on any atom is -0.380 e. The van der Waals surface area contributed by atoms with Gasteiger partial charge in [0, 0.05) is 58.0 Å². The van der Waals surface area contributed by atoms with Gasteiger partial charge in [-0.05, 0) is 18.9 Å². The molecule has 0 bridgehead atoms. The molecule has 0 aromatic carbocycles. The summed E-state index contributed by atoms with van der Waals surface area (Å²) in [6.07, 6.45) is 7.85. The van der Waals surface area contributed by atoms with Gasteiger partial charge in [-0.1, -0.05) is 6.07 Å². The molecule has 152 valence electrons. The number of H-pyrrole nitrogens is 1. The molecular weight excluding hydrogens is 368 g/mol. The fourth-order valence-corrected chi connectivity index (χ4v) is 4.51. The Morgan fingerprint density at radius 1 is 1.14 bits per heavy atom. The molecule has 0 radical (unpaired) electrons. The van der Waals surface area contributed by atoms with Crippen LogP contribution in [0.5, 0.6) is 0 Å². The van der Waals surface area contributed by atoms with E-state index >= 15 is 0 Å². The zero-order valence-corrected chi connectivity index (χ0v) is 16.7. The number of methoxy groups -OCH3 is 1. The highest BCUT2D eigenvalue weighted by molar-refractivity contribution is 6.10. The molecule has 1 atom stereocenters. The number of rotatable bonds is 2. The number of nitrogens with zero attached hydrogens (tertiary/aromatic N) is 5. The first kappa shape index (κ1) is 18.2. The van der Waals surface area contributed by atoms with E-state index in [2.05, 4.69) is 25.9 Å². The van der Waals surface area contributed by atoms with Crippen LogP contribution in [0.25, 0.3) is 21.9 Å². The van der Waals surface area contributed by atoms with Crippen LogP contribution in [0, 0.1) is 0 Å². The Kier molecular flexibility index (Phi) is 4.71. The Morgan fingerprint density at radius 2 is 1.97 bits per heavy atom. The van der Waals surface area contributed by atoms with Gasteiger partial charge in [-0.25, -0.2) is 14.8 Å². The number of urea groups is 1. The number of nitrogens with one attached hydrogen (secondary N) is 1. The predicted octanol–water partition coefficient (Wildman–Crippen LogP) is 2.46. The Labute approximate surface area is 169 Å². The highest BCUT2D eigenvalue weighted by atomic mass is 16.5. The number of anilines is 1. The van der Waals surface area contributed by atoms with Crippen molar-refractivity contribution in [2.24, 2.45) is 0 Å². The molecule has 3 aromatic heterocycles. The number of fused-ring (bicyclic) bond motifs is 3. The fourth-order valence-electron chi connectivity index (χ4n) is 4.51. The lowest BCUT2D eigenvalue weighted by atomic mass is 10.1.